The van der Waals surface area contributed by atoms with E-state index in [4.69, 9.17) is 21.3 Å². The fourth-order valence-corrected chi connectivity index (χ4v) is 5.18. The molecule has 1 aliphatic heterocycles. The van der Waals surface area contributed by atoms with E-state index in [1.165, 1.54) is 16.9 Å². The molecule has 0 spiro atoms. The van der Waals surface area contributed by atoms with E-state index in [1.54, 1.807) is 0 Å². The van der Waals surface area contributed by atoms with Crippen molar-refractivity contribution in [3.05, 3.63) is 58.1 Å². The Kier molecular flexibility index (Phi) is 8.91. The first-order valence-corrected chi connectivity index (χ1v) is 11.9. The number of para-hydroxylation sites is 1. The van der Waals surface area contributed by atoms with Crippen LogP contribution < -0.4 is 4.90 Å². The zero-order valence-corrected chi connectivity index (χ0v) is 20.9. The highest BCUT2D eigenvalue weighted by molar-refractivity contribution is 7.22. The molecule has 3 aromatic rings. The number of carbonyl (C=O) groups is 1. The molecule has 5 nitrogen and oxygen atoms in total. The van der Waals surface area contributed by atoms with Crippen molar-refractivity contribution in [3.63, 3.8) is 0 Å². The fourth-order valence-electron chi connectivity index (χ4n) is 3.87. The molecule has 8 heteroatoms. The van der Waals surface area contributed by atoms with Gasteiger partial charge in [0.2, 0.25) is 5.91 Å². The normalized spacial score (nSPS) is 14.3. The summed E-state index contributed by atoms with van der Waals surface area (Å²) in [4.78, 5) is 22.4. The summed E-state index contributed by atoms with van der Waals surface area (Å²) >= 11 is 7.88. The monoisotopic (exact) mass is 493 g/mol. The van der Waals surface area contributed by atoms with Crippen molar-refractivity contribution in [3.8, 4) is 0 Å². The Hall–Kier alpha value is -1.70. The molecule has 32 heavy (non-hydrogen) atoms. The van der Waals surface area contributed by atoms with Crippen LogP contribution in [0.1, 0.15) is 23.1 Å². The maximum absolute atomic E-state index is 13.4. The number of halogens is 2. The summed E-state index contributed by atoms with van der Waals surface area (Å²) in [5.74, 6) is 0.0749. The molecule has 0 radical (unpaired) electrons. The van der Waals surface area contributed by atoms with Crippen LogP contribution in [0.5, 0.6) is 0 Å². The van der Waals surface area contributed by atoms with Crippen LogP contribution in [0.2, 0.25) is 5.02 Å². The molecule has 1 aromatic heterocycles. The Bertz CT molecular complexity index is 1070. The largest absolute Gasteiger partial charge is 0.379 e. The second-order valence-electron chi connectivity index (χ2n) is 8.04. The average molecular weight is 494 g/mol. The minimum Gasteiger partial charge on any atom is -0.379 e. The average Bonchev–Trinajstić information content (AvgIpc) is 3.20. The van der Waals surface area contributed by atoms with Crippen molar-refractivity contribution in [2.45, 2.75) is 26.7 Å². The molecule has 2 aromatic carbocycles. The summed E-state index contributed by atoms with van der Waals surface area (Å²) in [5.41, 5.74) is 4.14. The van der Waals surface area contributed by atoms with Gasteiger partial charge in [0.1, 0.15) is 5.52 Å². The van der Waals surface area contributed by atoms with E-state index in [-0.39, 0.29) is 18.3 Å². The van der Waals surface area contributed by atoms with E-state index in [1.807, 2.05) is 23.1 Å². The third-order valence-corrected chi connectivity index (χ3v) is 7.05. The Balaban J connectivity index is 0.00000289. The minimum atomic E-state index is 0. The van der Waals surface area contributed by atoms with Crippen molar-refractivity contribution in [2.75, 3.05) is 44.3 Å². The van der Waals surface area contributed by atoms with Crippen LogP contribution in [0, 0.1) is 13.8 Å². The quantitative estimate of drug-likeness (QED) is 0.448. The zero-order valence-electron chi connectivity index (χ0n) is 18.5. The van der Waals surface area contributed by atoms with E-state index < -0.39 is 0 Å². The number of amides is 1. The molecule has 0 N–H and O–H groups in total. The number of ether oxygens (including phenoxy) is 1. The lowest BCUT2D eigenvalue weighted by molar-refractivity contribution is -0.118. The van der Waals surface area contributed by atoms with Gasteiger partial charge in [-0.2, -0.15) is 0 Å². The third kappa shape index (κ3) is 6.00. The van der Waals surface area contributed by atoms with Gasteiger partial charge in [0.15, 0.2) is 5.13 Å². The van der Waals surface area contributed by atoms with Gasteiger partial charge in [0, 0.05) is 26.2 Å². The van der Waals surface area contributed by atoms with Crippen LogP contribution in [0.3, 0.4) is 0 Å². The highest BCUT2D eigenvalue weighted by Gasteiger charge is 2.22. The second-order valence-corrected chi connectivity index (χ2v) is 9.46. The van der Waals surface area contributed by atoms with Crippen LogP contribution in [0.25, 0.3) is 10.2 Å². The number of rotatable bonds is 7. The highest BCUT2D eigenvalue weighted by Crippen LogP contribution is 2.33. The van der Waals surface area contributed by atoms with Crippen molar-refractivity contribution in [1.82, 2.24) is 9.88 Å². The van der Waals surface area contributed by atoms with Crippen molar-refractivity contribution >= 4 is 56.6 Å². The Morgan fingerprint density at radius 1 is 1.22 bits per heavy atom. The minimum absolute atomic E-state index is 0. The number of hydrogen-bond acceptors (Lipinski definition) is 5. The SMILES string of the molecule is Cc1ccc(C)c(CC(=O)N(CCCN2CCOCC2)c2nc3c(Cl)cccc3s2)c1.Cl. The standard InChI is InChI=1S/C24H28ClN3O2S.ClH/c1-17-7-8-18(2)19(15-17)16-22(29)28(10-4-9-27-11-13-30-14-12-27)24-26-23-20(25)5-3-6-21(23)31-24;/h3,5-8,15H,4,9-14,16H2,1-2H3;1H. The van der Waals surface area contributed by atoms with Crippen molar-refractivity contribution in [2.24, 2.45) is 0 Å². The number of morpholine rings is 1. The molecular weight excluding hydrogens is 465 g/mol. The molecule has 0 atom stereocenters. The first kappa shape index (κ1) is 24.9. The van der Waals surface area contributed by atoms with Gasteiger partial charge in [-0.25, -0.2) is 4.98 Å². The van der Waals surface area contributed by atoms with E-state index in [0.717, 1.165) is 65.7 Å². The molecule has 4 rings (SSSR count). The van der Waals surface area contributed by atoms with Crippen LogP contribution in [0.15, 0.2) is 36.4 Å². The number of benzene rings is 2. The van der Waals surface area contributed by atoms with Crippen molar-refractivity contribution in [1.29, 1.82) is 0 Å². The molecule has 0 aliphatic carbocycles. The highest BCUT2D eigenvalue weighted by atomic mass is 35.5. The van der Waals surface area contributed by atoms with E-state index in [2.05, 4.69) is 36.9 Å². The maximum atomic E-state index is 13.4. The molecule has 1 fully saturated rings. The number of fused-ring (bicyclic) bond motifs is 1. The second kappa shape index (κ2) is 11.4. The van der Waals surface area contributed by atoms with Crippen molar-refractivity contribution < 1.29 is 9.53 Å². The predicted molar refractivity (Wildman–Crippen MR) is 136 cm³/mol. The van der Waals surface area contributed by atoms with E-state index in [9.17, 15) is 4.79 Å². The van der Waals surface area contributed by atoms with Gasteiger partial charge in [-0.3, -0.25) is 14.6 Å². The van der Waals surface area contributed by atoms with Gasteiger partial charge in [0.25, 0.3) is 0 Å². The summed E-state index contributed by atoms with van der Waals surface area (Å²) in [6.07, 6.45) is 1.26. The number of nitrogens with zero attached hydrogens (tertiary/aromatic N) is 3. The molecule has 1 aliphatic rings. The van der Waals surface area contributed by atoms with Crippen LogP contribution in [-0.4, -0.2) is 55.2 Å². The summed E-state index contributed by atoms with van der Waals surface area (Å²) in [5, 5.41) is 1.34. The summed E-state index contributed by atoms with van der Waals surface area (Å²) < 4.78 is 6.44. The molecule has 0 bridgehead atoms. The molecule has 0 unspecified atom stereocenters. The molecule has 2 heterocycles. The Labute approximate surface area is 204 Å². The first-order valence-electron chi connectivity index (χ1n) is 10.7. The number of carbonyl (C=O) groups excluding carboxylic acids is 1. The smallest absolute Gasteiger partial charge is 0.233 e. The molecular formula is C24H29Cl2N3O2S. The molecule has 172 valence electrons. The van der Waals surface area contributed by atoms with Gasteiger partial charge in [-0.05, 0) is 43.5 Å². The lowest BCUT2D eigenvalue weighted by Crippen LogP contribution is -2.39. The summed E-state index contributed by atoms with van der Waals surface area (Å²) in [6.45, 7) is 9.17. The van der Waals surface area contributed by atoms with Gasteiger partial charge in [-0.15, -0.1) is 12.4 Å². The first-order chi connectivity index (χ1) is 15.0. The number of aromatic nitrogens is 1. The van der Waals surface area contributed by atoms with E-state index in [0.29, 0.717) is 18.0 Å². The van der Waals surface area contributed by atoms with Crippen LogP contribution >= 0.6 is 35.3 Å². The van der Waals surface area contributed by atoms with Gasteiger partial charge in [0.05, 0.1) is 29.4 Å². The predicted octanol–water partition coefficient (Wildman–Crippen LogP) is 5.29. The van der Waals surface area contributed by atoms with Crippen LogP contribution in [-0.2, 0) is 16.0 Å². The van der Waals surface area contributed by atoms with Crippen LogP contribution in [0.4, 0.5) is 5.13 Å². The lowest BCUT2D eigenvalue weighted by Gasteiger charge is -2.27. The Morgan fingerprint density at radius 3 is 2.75 bits per heavy atom. The number of aryl methyl sites for hydroxylation is 2. The Morgan fingerprint density at radius 2 is 2.00 bits per heavy atom. The van der Waals surface area contributed by atoms with Gasteiger partial charge >= 0.3 is 0 Å². The maximum Gasteiger partial charge on any atom is 0.233 e. The van der Waals surface area contributed by atoms with E-state index >= 15 is 0 Å². The summed E-state index contributed by atoms with van der Waals surface area (Å²) in [6, 6.07) is 12.0. The molecule has 0 saturated carbocycles. The third-order valence-electron chi connectivity index (χ3n) is 5.70. The molecule has 1 saturated heterocycles. The number of thiazole rings is 1. The van der Waals surface area contributed by atoms with Gasteiger partial charge in [-0.1, -0.05) is 52.8 Å². The fraction of sp³-hybridized carbons (Fsp3) is 0.417. The zero-order chi connectivity index (χ0) is 21.8. The van der Waals surface area contributed by atoms with Gasteiger partial charge < -0.3 is 4.74 Å². The molecule has 1 amide bonds. The summed E-state index contributed by atoms with van der Waals surface area (Å²) in [7, 11) is 0. The topological polar surface area (TPSA) is 45.7 Å². The number of anilines is 1. The number of hydrogen-bond donors (Lipinski definition) is 0. The lowest BCUT2D eigenvalue weighted by atomic mass is 10.0.